The van der Waals surface area contributed by atoms with Gasteiger partial charge in [0.1, 0.15) is 0 Å². The van der Waals surface area contributed by atoms with Crippen LogP contribution in [0.15, 0.2) is 72.9 Å². The van der Waals surface area contributed by atoms with Crippen LogP contribution in [-0.4, -0.2) is 0 Å². The van der Waals surface area contributed by atoms with Gasteiger partial charge in [-0.3, -0.25) is 0 Å². The lowest BCUT2D eigenvalue weighted by Gasteiger charge is -2.07. The summed E-state index contributed by atoms with van der Waals surface area (Å²) in [6, 6.07) is 10.7. The predicted molar refractivity (Wildman–Crippen MR) is 80.3 cm³/mol. The lowest BCUT2D eigenvalue weighted by atomic mass is 9.99. The molecule has 0 N–H and O–H groups in total. The normalized spacial score (nSPS) is 16.8. The molecule has 0 nitrogen and oxygen atoms in total. The third-order valence-corrected chi connectivity index (χ3v) is 3.09. The Kier molecular flexibility index (Phi) is 5.26. The van der Waals surface area contributed by atoms with Gasteiger partial charge in [0.2, 0.25) is 0 Å². The van der Waals surface area contributed by atoms with Crippen molar-refractivity contribution in [2.24, 2.45) is 0 Å². The summed E-state index contributed by atoms with van der Waals surface area (Å²) in [6.07, 6.45) is 19.9. The second-order valence-electron chi connectivity index (χ2n) is 4.50. The second-order valence-corrected chi connectivity index (χ2v) is 4.50. The molecule has 0 heterocycles. The number of hydrogen-bond donors (Lipinski definition) is 0. The highest BCUT2D eigenvalue weighted by Gasteiger charge is 1.99. The first-order valence-electron chi connectivity index (χ1n) is 6.71. The van der Waals surface area contributed by atoms with E-state index in [0.717, 1.165) is 6.42 Å². The Morgan fingerprint density at radius 1 is 0.722 bits per heavy atom. The Balaban J connectivity index is 2.16. The highest BCUT2D eigenvalue weighted by atomic mass is 14.0. The molecule has 0 saturated carbocycles. The van der Waals surface area contributed by atoms with Crippen molar-refractivity contribution in [2.45, 2.75) is 25.7 Å². The molecule has 0 bridgehead atoms. The molecular formula is C18H20. The molecule has 0 spiro atoms. The molecule has 0 fully saturated rings. The molecule has 92 valence electrons. The fraction of sp³-hybridized carbons (Fsp3) is 0.222. The number of rotatable bonds is 1. The van der Waals surface area contributed by atoms with Crippen molar-refractivity contribution in [3.63, 3.8) is 0 Å². The number of hydrogen-bond acceptors (Lipinski definition) is 0. The van der Waals surface area contributed by atoms with E-state index in [4.69, 9.17) is 0 Å². The fourth-order valence-corrected chi connectivity index (χ4v) is 2.09. The van der Waals surface area contributed by atoms with Gasteiger partial charge in [-0.05, 0) is 36.8 Å². The molecule has 1 aliphatic carbocycles. The van der Waals surface area contributed by atoms with Crippen molar-refractivity contribution >= 4 is 5.57 Å². The van der Waals surface area contributed by atoms with E-state index in [-0.39, 0.29) is 0 Å². The molecule has 0 heteroatoms. The molecule has 0 radical (unpaired) electrons. The first kappa shape index (κ1) is 12.6. The Morgan fingerprint density at radius 3 is 2.39 bits per heavy atom. The molecule has 0 saturated heterocycles. The van der Waals surface area contributed by atoms with Crippen LogP contribution in [0, 0.1) is 0 Å². The van der Waals surface area contributed by atoms with Crippen LogP contribution in [0.3, 0.4) is 0 Å². The van der Waals surface area contributed by atoms with E-state index < -0.39 is 0 Å². The minimum atomic E-state index is 1.16. The highest BCUT2D eigenvalue weighted by Crippen LogP contribution is 2.21. The van der Waals surface area contributed by atoms with E-state index in [0.29, 0.717) is 0 Å². The zero-order chi connectivity index (χ0) is 12.5. The van der Waals surface area contributed by atoms with Crippen molar-refractivity contribution in [1.82, 2.24) is 0 Å². The van der Waals surface area contributed by atoms with Gasteiger partial charge >= 0.3 is 0 Å². The third kappa shape index (κ3) is 4.21. The van der Waals surface area contributed by atoms with E-state index in [2.05, 4.69) is 72.9 Å². The van der Waals surface area contributed by atoms with E-state index in [1.54, 1.807) is 0 Å². The average molecular weight is 236 g/mol. The van der Waals surface area contributed by atoms with Gasteiger partial charge in [-0.1, -0.05) is 72.9 Å². The quantitative estimate of drug-likeness (QED) is 0.619. The van der Waals surface area contributed by atoms with E-state index >= 15 is 0 Å². The third-order valence-electron chi connectivity index (χ3n) is 3.09. The van der Waals surface area contributed by atoms with Crippen LogP contribution in [0.4, 0.5) is 0 Å². The van der Waals surface area contributed by atoms with Crippen LogP contribution in [-0.2, 0) is 0 Å². The van der Waals surface area contributed by atoms with Gasteiger partial charge in [-0.25, -0.2) is 0 Å². The predicted octanol–water partition coefficient (Wildman–Crippen LogP) is 5.31. The van der Waals surface area contributed by atoms with Crippen LogP contribution >= 0.6 is 0 Å². The molecule has 0 atom stereocenters. The van der Waals surface area contributed by atoms with Crippen molar-refractivity contribution in [1.29, 1.82) is 0 Å². The molecule has 0 amide bonds. The summed E-state index contributed by atoms with van der Waals surface area (Å²) in [5.74, 6) is 0. The summed E-state index contributed by atoms with van der Waals surface area (Å²) >= 11 is 0. The Morgan fingerprint density at radius 2 is 1.50 bits per heavy atom. The summed E-state index contributed by atoms with van der Waals surface area (Å²) in [5.41, 5.74) is 2.78. The van der Waals surface area contributed by atoms with Crippen LogP contribution in [0.2, 0.25) is 0 Å². The van der Waals surface area contributed by atoms with E-state index in [1.807, 2.05) is 0 Å². The maximum atomic E-state index is 2.25. The standard InChI is InChI=1S/C18H20/c1-2-4-6-9-13-17(14-10-7-5-3-1)18-15-11-8-12-16-18/h1-4,6,8-9,11-13,15-16H,5,7,10,14H2. The lowest BCUT2D eigenvalue weighted by Crippen LogP contribution is -1.85. The van der Waals surface area contributed by atoms with Gasteiger partial charge in [0.05, 0.1) is 0 Å². The Bertz CT molecular complexity index is 458. The molecule has 18 heavy (non-hydrogen) atoms. The zero-order valence-corrected chi connectivity index (χ0v) is 10.8. The van der Waals surface area contributed by atoms with Gasteiger partial charge in [0.15, 0.2) is 0 Å². The summed E-state index contributed by atoms with van der Waals surface area (Å²) in [7, 11) is 0. The van der Waals surface area contributed by atoms with E-state index in [9.17, 15) is 0 Å². The van der Waals surface area contributed by atoms with Gasteiger partial charge in [-0.15, -0.1) is 0 Å². The molecule has 0 aromatic heterocycles. The van der Waals surface area contributed by atoms with Crippen molar-refractivity contribution in [2.75, 3.05) is 0 Å². The SMILES string of the molecule is C1=CC=CCCCCC(c2ccccc2)=CC=C1. The summed E-state index contributed by atoms with van der Waals surface area (Å²) in [5, 5.41) is 0. The Hall–Kier alpha value is -1.82. The minimum Gasteiger partial charge on any atom is -0.0845 e. The highest BCUT2D eigenvalue weighted by molar-refractivity contribution is 5.67. The zero-order valence-electron chi connectivity index (χ0n) is 10.8. The smallest absolute Gasteiger partial charge is 0.0225 e. The van der Waals surface area contributed by atoms with Crippen LogP contribution in [0.1, 0.15) is 31.2 Å². The maximum absolute atomic E-state index is 2.25. The first-order chi connectivity index (χ1) is 8.97. The summed E-state index contributed by atoms with van der Waals surface area (Å²) in [4.78, 5) is 0. The molecule has 2 rings (SSSR count). The molecule has 0 unspecified atom stereocenters. The molecule has 1 aliphatic rings. The van der Waals surface area contributed by atoms with Crippen LogP contribution in [0.25, 0.3) is 5.57 Å². The van der Waals surface area contributed by atoms with Gasteiger partial charge in [0.25, 0.3) is 0 Å². The van der Waals surface area contributed by atoms with Crippen LogP contribution in [0.5, 0.6) is 0 Å². The summed E-state index contributed by atoms with van der Waals surface area (Å²) < 4.78 is 0. The second kappa shape index (κ2) is 7.50. The molecule has 1 aromatic carbocycles. The molecule has 0 aliphatic heterocycles. The topological polar surface area (TPSA) is 0 Å². The monoisotopic (exact) mass is 236 g/mol. The lowest BCUT2D eigenvalue weighted by molar-refractivity contribution is 0.769. The minimum absolute atomic E-state index is 1.16. The van der Waals surface area contributed by atoms with Crippen LogP contribution < -0.4 is 0 Å². The molecule has 1 aromatic rings. The number of benzene rings is 1. The van der Waals surface area contributed by atoms with Crippen molar-refractivity contribution in [3.8, 4) is 0 Å². The number of allylic oxidation sites excluding steroid dienone is 8. The average Bonchev–Trinajstić information content (AvgIpc) is 2.40. The largest absolute Gasteiger partial charge is 0.0845 e. The summed E-state index contributed by atoms with van der Waals surface area (Å²) in [6.45, 7) is 0. The fourth-order valence-electron chi connectivity index (χ4n) is 2.09. The van der Waals surface area contributed by atoms with Gasteiger partial charge in [0, 0.05) is 0 Å². The maximum Gasteiger partial charge on any atom is -0.0225 e. The van der Waals surface area contributed by atoms with Crippen molar-refractivity contribution in [3.05, 3.63) is 78.4 Å². The van der Waals surface area contributed by atoms with Gasteiger partial charge in [-0.2, -0.15) is 0 Å². The molecular weight excluding hydrogens is 216 g/mol. The Labute approximate surface area is 110 Å². The first-order valence-corrected chi connectivity index (χ1v) is 6.71. The van der Waals surface area contributed by atoms with E-state index in [1.165, 1.54) is 30.4 Å². The van der Waals surface area contributed by atoms with Crippen molar-refractivity contribution < 1.29 is 0 Å². The van der Waals surface area contributed by atoms with Gasteiger partial charge < -0.3 is 0 Å².